The summed E-state index contributed by atoms with van der Waals surface area (Å²) in [5, 5.41) is 15.6. The summed E-state index contributed by atoms with van der Waals surface area (Å²) < 4.78 is 10.9. The zero-order valence-corrected chi connectivity index (χ0v) is 18.5. The van der Waals surface area contributed by atoms with Crippen LogP contribution in [-0.4, -0.2) is 50.6 Å². The second-order valence-electron chi connectivity index (χ2n) is 7.67. The van der Waals surface area contributed by atoms with Crippen molar-refractivity contribution >= 4 is 17.8 Å². The molecule has 0 aliphatic carbocycles. The lowest BCUT2D eigenvalue weighted by Gasteiger charge is -2.29. The van der Waals surface area contributed by atoms with Gasteiger partial charge in [-0.05, 0) is 23.3 Å². The van der Waals surface area contributed by atoms with Gasteiger partial charge < -0.3 is 19.5 Å². The van der Waals surface area contributed by atoms with E-state index in [1.165, 1.54) is 6.21 Å². The first-order chi connectivity index (χ1) is 16.1. The SMILES string of the molecule is COc1cc(N2CCOCC2)ccc1/C=N\NC(=O)C(O)(c1ccccc1)c1ccccc1. The van der Waals surface area contributed by atoms with Crippen LogP contribution in [0.4, 0.5) is 5.69 Å². The number of ether oxygens (including phenoxy) is 2. The van der Waals surface area contributed by atoms with E-state index < -0.39 is 11.5 Å². The predicted octanol–water partition coefficient (Wildman–Crippen LogP) is 2.92. The van der Waals surface area contributed by atoms with E-state index in [4.69, 9.17) is 9.47 Å². The molecule has 3 aromatic carbocycles. The van der Waals surface area contributed by atoms with Gasteiger partial charge in [-0.15, -0.1) is 0 Å². The third kappa shape index (κ3) is 4.89. The molecule has 1 aliphatic heterocycles. The molecular formula is C26H27N3O4. The van der Waals surface area contributed by atoms with Crippen molar-refractivity contribution < 1.29 is 19.4 Å². The van der Waals surface area contributed by atoms with Crippen LogP contribution in [-0.2, 0) is 15.1 Å². The van der Waals surface area contributed by atoms with E-state index in [9.17, 15) is 9.90 Å². The van der Waals surface area contributed by atoms with Crippen molar-refractivity contribution in [1.82, 2.24) is 5.43 Å². The zero-order chi connectivity index (χ0) is 23.1. The number of amides is 1. The average Bonchev–Trinajstić information content (AvgIpc) is 2.89. The number of carbonyl (C=O) groups is 1. The molecule has 1 amide bonds. The van der Waals surface area contributed by atoms with E-state index in [2.05, 4.69) is 15.4 Å². The lowest BCUT2D eigenvalue weighted by molar-refractivity contribution is -0.136. The van der Waals surface area contributed by atoms with E-state index in [0.717, 1.165) is 18.8 Å². The highest BCUT2D eigenvalue weighted by molar-refractivity contribution is 5.91. The Morgan fingerprint density at radius 2 is 1.64 bits per heavy atom. The Hall–Kier alpha value is -3.68. The van der Waals surface area contributed by atoms with Crippen molar-refractivity contribution in [3.63, 3.8) is 0 Å². The van der Waals surface area contributed by atoms with Crippen molar-refractivity contribution in [2.24, 2.45) is 5.10 Å². The lowest BCUT2D eigenvalue weighted by Crippen LogP contribution is -2.43. The number of morpholine rings is 1. The van der Waals surface area contributed by atoms with Gasteiger partial charge in [0.1, 0.15) is 5.75 Å². The van der Waals surface area contributed by atoms with Gasteiger partial charge in [-0.2, -0.15) is 5.10 Å². The molecule has 1 aliphatic rings. The molecule has 33 heavy (non-hydrogen) atoms. The van der Waals surface area contributed by atoms with Crippen molar-refractivity contribution in [1.29, 1.82) is 0 Å². The molecule has 0 unspecified atom stereocenters. The van der Waals surface area contributed by atoms with Gasteiger partial charge in [0.2, 0.25) is 0 Å². The number of hydrogen-bond acceptors (Lipinski definition) is 6. The summed E-state index contributed by atoms with van der Waals surface area (Å²) >= 11 is 0. The molecule has 0 atom stereocenters. The highest BCUT2D eigenvalue weighted by atomic mass is 16.5. The maximum atomic E-state index is 13.1. The number of hydrogen-bond donors (Lipinski definition) is 2. The van der Waals surface area contributed by atoms with Gasteiger partial charge in [-0.1, -0.05) is 60.7 Å². The normalized spacial score (nSPS) is 14.3. The average molecular weight is 446 g/mol. The largest absolute Gasteiger partial charge is 0.496 e. The van der Waals surface area contributed by atoms with Gasteiger partial charge in [-0.3, -0.25) is 4.79 Å². The second kappa shape index (κ2) is 10.3. The van der Waals surface area contributed by atoms with E-state index in [1.54, 1.807) is 55.6 Å². The Labute approximate surface area is 193 Å². The van der Waals surface area contributed by atoms with E-state index in [-0.39, 0.29) is 0 Å². The molecule has 4 rings (SSSR count). The van der Waals surface area contributed by atoms with Crippen molar-refractivity contribution in [2.75, 3.05) is 38.3 Å². The highest BCUT2D eigenvalue weighted by Gasteiger charge is 2.39. The molecule has 0 bridgehead atoms. The molecule has 1 heterocycles. The number of benzene rings is 3. The van der Waals surface area contributed by atoms with Crippen LogP contribution in [0.15, 0.2) is 84.0 Å². The summed E-state index contributed by atoms with van der Waals surface area (Å²) in [5.74, 6) is -0.0153. The number of carbonyl (C=O) groups excluding carboxylic acids is 1. The topological polar surface area (TPSA) is 83.4 Å². The van der Waals surface area contributed by atoms with Crippen LogP contribution < -0.4 is 15.1 Å². The monoisotopic (exact) mass is 445 g/mol. The predicted molar refractivity (Wildman–Crippen MR) is 128 cm³/mol. The summed E-state index contributed by atoms with van der Waals surface area (Å²) in [6.45, 7) is 3.04. The molecule has 170 valence electrons. The van der Waals surface area contributed by atoms with Crippen molar-refractivity contribution in [3.8, 4) is 5.75 Å². The minimum Gasteiger partial charge on any atom is -0.496 e. The molecule has 1 saturated heterocycles. The number of rotatable bonds is 7. The smallest absolute Gasteiger partial charge is 0.281 e. The Bertz CT molecular complexity index is 1060. The Morgan fingerprint density at radius 3 is 2.21 bits per heavy atom. The van der Waals surface area contributed by atoms with Crippen LogP contribution in [0.5, 0.6) is 5.75 Å². The number of methoxy groups -OCH3 is 1. The molecule has 1 fully saturated rings. The van der Waals surface area contributed by atoms with Crippen LogP contribution in [0.25, 0.3) is 0 Å². The maximum Gasteiger partial charge on any atom is 0.281 e. The summed E-state index contributed by atoms with van der Waals surface area (Å²) in [4.78, 5) is 15.4. The van der Waals surface area contributed by atoms with Crippen molar-refractivity contribution in [2.45, 2.75) is 5.60 Å². The number of aliphatic hydroxyl groups is 1. The second-order valence-corrected chi connectivity index (χ2v) is 7.67. The van der Waals surface area contributed by atoms with Crippen LogP contribution >= 0.6 is 0 Å². The molecule has 7 heteroatoms. The molecule has 0 saturated carbocycles. The minimum atomic E-state index is -1.88. The van der Waals surface area contributed by atoms with Crippen molar-refractivity contribution in [3.05, 3.63) is 95.6 Å². The van der Waals surface area contributed by atoms with Crippen LogP contribution in [0, 0.1) is 0 Å². The first kappa shape index (κ1) is 22.5. The summed E-state index contributed by atoms with van der Waals surface area (Å²) in [6, 6.07) is 23.4. The number of anilines is 1. The Morgan fingerprint density at radius 1 is 1.03 bits per heavy atom. The van der Waals surface area contributed by atoms with Gasteiger partial charge in [-0.25, -0.2) is 5.43 Å². The molecule has 7 nitrogen and oxygen atoms in total. The third-order valence-corrected chi connectivity index (χ3v) is 5.67. The maximum absolute atomic E-state index is 13.1. The van der Waals surface area contributed by atoms with Gasteiger partial charge >= 0.3 is 0 Å². The Balaban J connectivity index is 1.54. The fourth-order valence-electron chi connectivity index (χ4n) is 3.85. The standard InChI is InChI=1S/C26H27N3O4/c1-32-24-18-23(29-14-16-33-17-15-29)13-12-20(24)19-27-28-25(30)26(31,21-8-4-2-5-9-21)22-10-6-3-7-11-22/h2-13,18-19,31H,14-17H2,1H3,(H,28,30)/b27-19-. The van der Waals surface area contributed by atoms with Gasteiger partial charge in [0.15, 0.2) is 5.60 Å². The van der Waals surface area contributed by atoms with Gasteiger partial charge in [0.25, 0.3) is 5.91 Å². The first-order valence-electron chi connectivity index (χ1n) is 10.8. The number of nitrogens with zero attached hydrogens (tertiary/aromatic N) is 2. The first-order valence-corrected chi connectivity index (χ1v) is 10.8. The van der Waals surface area contributed by atoms with Crippen LogP contribution in [0.3, 0.4) is 0 Å². The number of hydrazone groups is 1. The summed E-state index contributed by atoms with van der Waals surface area (Å²) in [7, 11) is 1.60. The van der Waals surface area contributed by atoms with Crippen LogP contribution in [0.1, 0.15) is 16.7 Å². The Kier molecular flexibility index (Phi) is 7.02. The molecule has 0 aromatic heterocycles. The molecular weight excluding hydrogens is 418 g/mol. The number of nitrogens with one attached hydrogen (secondary N) is 1. The zero-order valence-electron chi connectivity index (χ0n) is 18.5. The van der Waals surface area contributed by atoms with Gasteiger partial charge in [0.05, 0.1) is 26.5 Å². The van der Waals surface area contributed by atoms with E-state index in [1.807, 2.05) is 30.3 Å². The fraction of sp³-hybridized carbons (Fsp3) is 0.231. The fourth-order valence-corrected chi connectivity index (χ4v) is 3.85. The summed E-state index contributed by atoms with van der Waals surface area (Å²) in [6.07, 6.45) is 1.51. The highest BCUT2D eigenvalue weighted by Crippen LogP contribution is 2.30. The molecule has 2 N–H and O–H groups in total. The minimum absolute atomic E-state index is 0.455. The third-order valence-electron chi connectivity index (χ3n) is 5.67. The van der Waals surface area contributed by atoms with Gasteiger partial charge in [0, 0.05) is 30.4 Å². The lowest BCUT2D eigenvalue weighted by atomic mass is 9.85. The molecule has 3 aromatic rings. The molecule has 0 spiro atoms. The van der Waals surface area contributed by atoms with Crippen LogP contribution in [0.2, 0.25) is 0 Å². The summed E-state index contributed by atoms with van der Waals surface area (Å²) in [5.41, 5.74) is 3.27. The van der Waals surface area contributed by atoms with E-state index >= 15 is 0 Å². The van der Waals surface area contributed by atoms with E-state index in [0.29, 0.717) is 35.7 Å². The quantitative estimate of drug-likeness (QED) is 0.432. The molecule has 0 radical (unpaired) electrons.